The van der Waals surface area contributed by atoms with Crippen LogP contribution in [-0.4, -0.2) is 30.6 Å². The molecule has 2 nitrogen and oxygen atoms in total. The van der Waals surface area contributed by atoms with Crippen molar-refractivity contribution in [1.82, 2.24) is 4.90 Å². The van der Waals surface area contributed by atoms with Crippen LogP contribution in [0.3, 0.4) is 0 Å². The maximum absolute atomic E-state index is 6.02. The third kappa shape index (κ3) is 3.46. The lowest BCUT2D eigenvalue weighted by atomic mass is 9.91. The summed E-state index contributed by atoms with van der Waals surface area (Å²) in [6.07, 6.45) is 10.1. The molecule has 0 aromatic heterocycles. The minimum Gasteiger partial charge on any atom is -0.328 e. The van der Waals surface area contributed by atoms with Crippen LogP contribution in [0.25, 0.3) is 0 Å². The molecule has 0 spiro atoms. The average Bonchev–Trinajstić information content (AvgIpc) is 2.79. The van der Waals surface area contributed by atoms with Crippen molar-refractivity contribution in [1.29, 1.82) is 0 Å². The molecule has 0 aromatic rings. The van der Waals surface area contributed by atoms with Gasteiger partial charge in [-0.05, 0) is 51.1 Å². The van der Waals surface area contributed by atoms with E-state index < -0.39 is 0 Å². The molecule has 1 aliphatic heterocycles. The SMILES string of the molecule is CC(N)C1CCCN(CCC2CCCC2)C1. The Morgan fingerprint density at radius 2 is 1.94 bits per heavy atom. The fourth-order valence-electron chi connectivity index (χ4n) is 3.39. The Balaban J connectivity index is 1.68. The van der Waals surface area contributed by atoms with Gasteiger partial charge in [-0.2, -0.15) is 0 Å². The minimum atomic E-state index is 0.384. The van der Waals surface area contributed by atoms with Crippen molar-refractivity contribution < 1.29 is 0 Å². The second-order valence-corrected chi connectivity index (χ2v) is 6.00. The van der Waals surface area contributed by atoms with E-state index in [1.165, 1.54) is 64.6 Å². The van der Waals surface area contributed by atoms with Crippen molar-refractivity contribution in [3.05, 3.63) is 0 Å². The predicted molar refractivity (Wildman–Crippen MR) is 69.4 cm³/mol. The molecule has 0 amide bonds. The van der Waals surface area contributed by atoms with Gasteiger partial charge in [0.05, 0.1) is 0 Å². The first-order valence-electron chi connectivity index (χ1n) is 7.23. The van der Waals surface area contributed by atoms with Crippen LogP contribution in [0.5, 0.6) is 0 Å². The van der Waals surface area contributed by atoms with Gasteiger partial charge < -0.3 is 10.6 Å². The van der Waals surface area contributed by atoms with Gasteiger partial charge in [0.25, 0.3) is 0 Å². The summed E-state index contributed by atoms with van der Waals surface area (Å²) in [5, 5.41) is 0. The molecule has 16 heavy (non-hydrogen) atoms. The molecule has 2 rings (SSSR count). The Morgan fingerprint density at radius 1 is 1.19 bits per heavy atom. The smallest absolute Gasteiger partial charge is 0.00509 e. The number of rotatable bonds is 4. The first-order chi connectivity index (χ1) is 7.75. The van der Waals surface area contributed by atoms with Gasteiger partial charge in [-0.1, -0.05) is 25.7 Å². The molecular formula is C14H28N2. The molecule has 0 aromatic carbocycles. The first-order valence-corrected chi connectivity index (χ1v) is 7.23. The lowest BCUT2D eigenvalue weighted by Crippen LogP contribution is -2.42. The Labute approximate surface area is 101 Å². The van der Waals surface area contributed by atoms with E-state index in [2.05, 4.69) is 11.8 Å². The number of nitrogens with two attached hydrogens (primary N) is 1. The molecule has 1 aliphatic carbocycles. The quantitative estimate of drug-likeness (QED) is 0.795. The van der Waals surface area contributed by atoms with E-state index in [-0.39, 0.29) is 0 Å². The lowest BCUT2D eigenvalue weighted by molar-refractivity contribution is 0.152. The van der Waals surface area contributed by atoms with Crippen molar-refractivity contribution in [3.8, 4) is 0 Å². The number of hydrogen-bond acceptors (Lipinski definition) is 2. The molecule has 2 N–H and O–H groups in total. The van der Waals surface area contributed by atoms with Crippen LogP contribution < -0.4 is 5.73 Å². The molecule has 0 radical (unpaired) electrons. The van der Waals surface area contributed by atoms with Gasteiger partial charge in [0.2, 0.25) is 0 Å². The van der Waals surface area contributed by atoms with Crippen LogP contribution >= 0.6 is 0 Å². The number of piperidine rings is 1. The summed E-state index contributed by atoms with van der Waals surface area (Å²) in [4.78, 5) is 2.66. The molecular weight excluding hydrogens is 196 g/mol. The highest BCUT2D eigenvalue weighted by molar-refractivity contribution is 4.79. The van der Waals surface area contributed by atoms with E-state index in [1.807, 2.05) is 0 Å². The Bertz CT molecular complexity index is 197. The molecule has 2 fully saturated rings. The van der Waals surface area contributed by atoms with E-state index in [0.717, 1.165) is 11.8 Å². The average molecular weight is 224 g/mol. The third-order valence-corrected chi connectivity index (χ3v) is 4.61. The van der Waals surface area contributed by atoms with Gasteiger partial charge in [-0.15, -0.1) is 0 Å². The fraction of sp³-hybridized carbons (Fsp3) is 1.00. The summed E-state index contributed by atoms with van der Waals surface area (Å²) < 4.78 is 0. The van der Waals surface area contributed by atoms with Crippen LogP contribution in [0.4, 0.5) is 0 Å². The summed E-state index contributed by atoms with van der Waals surface area (Å²) in [7, 11) is 0. The minimum absolute atomic E-state index is 0.384. The molecule has 2 aliphatic rings. The first kappa shape index (κ1) is 12.4. The highest BCUT2D eigenvalue weighted by atomic mass is 15.1. The Kier molecular flexibility index (Phi) is 4.66. The normalized spacial score (nSPS) is 30.8. The van der Waals surface area contributed by atoms with E-state index in [1.54, 1.807) is 0 Å². The zero-order valence-corrected chi connectivity index (χ0v) is 10.8. The summed E-state index contributed by atoms with van der Waals surface area (Å²) in [5.41, 5.74) is 6.02. The summed E-state index contributed by atoms with van der Waals surface area (Å²) >= 11 is 0. The number of likely N-dealkylation sites (tertiary alicyclic amines) is 1. The monoisotopic (exact) mass is 224 g/mol. The van der Waals surface area contributed by atoms with Crippen LogP contribution in [0.2, 0.25) is 0 Å². The van der Waals surface area contributed by atoms with Crippen LogP contribution in [0.15, 0.2) is 0 Å². The number of nitrogens with zero attached hydrogens (tertiary/aromatic N) is 1. The maximum atomic E-state index is 6.02. The third-order valence-electron chi connectivity index (χ3n) is 4.61. The van der Waals surface area contributed by atoms with Crippen molar-refractivity contribution in [3.63, 3.8) is 0 Å². The molecule has 94 valence electrons. The zero-order chi connectivity index (χ0) is 11.4. The lowest BCUT2D eigenvalue weighted by Gasteiger charge is -2.35. The van der Waals surface area contributed by atoms with Gasteiger partial charge in [-0.25, -0.2) is 0 Å². The van der Waals surface area contributed by atoms with Crippen molar-refractivity contribution in [2.45, 2.75) is 57.9 Å². The number of hydrogen-bond donors (Lipinski definition) is 1. The molecule has 2 heteroatoms. The predicted octanol–water partition coefficient (Wildman–Crippen LogP) is 2.63. The standard InChI is InChI=1S/C14H28N2/c1-12(15)14-7-4-9-16(11-14)10-8-13-5-2-3-6-13/h12-14H,2-11,15H2,1H3. The van der Waals surface area contributed by atoms with Gasteiger partial charge in [-0.3, -0.25) is 0 Å². The van der Waals surface area contributed by atoms with E-state index >= 15 is 0 Å². The highest BCUT2D eigenvalue weighted by Gasteiger charge is 2.23. The van der Waals surface area contributed by atoms with Gasteiger partial charge in [0, 0.05) is 12.6 Å². The zero-order valence-electron chi connectivity index (χ0n) is 10.8. The molecule has 0 bridgehead atoms. The van der Waals surface area contributed by atoms with Crippen molar-refractivity contribution in [2.75, 3.05) is 19.6 Å². The Morgan fingerprint density at radius 3 is 2.62 bits per heavy atom. The molecule has 1 heterocycles. The van der Waals surface area contributed by atoms with Crippen molar-refractivity contribution in [2.24, 2.45) is 17.6 Å². The van der Waals surface area contributed by atoms with Gasteiger partial charge in [0.1, 0.15) is 0 Å². The van der Waals surface area contributed by atoms with Gasteiger partial charge >= 0.3 is 0 Å². The summed E-state index contributed by atoms with van der Waals surface area (Å²) in [5.74, 6) is 1.79. The van der Waals surface area contributed by atoms with Crippen molar-refractivity contribution >= 4 is 0 Å². The largest absolute Gasteiger partial charge is 0.328 e. The molecule has 1 saturated heterocycles. The van der Waals surface area contributed by atoms with Crippen LogP contribution in [0, 0.1) is 11.8 Å². The van der Waals surface area contributed by atoms with Gasteiger partial charge in [0.15, 0.2) is 0 Å². The topological polar surface area (TPSA) is 29.3 Å². The fourth-order valence-corrected chi connectivity index (χ4v) is 3.39. The molecule has 2 unspecified atom stereocenters. The van der Waals surface area contributed by atoms with E-state index in [0.29, 0.717) is 6.04 Å². The van der Waals surface area contributed by atoms with E-state index in [9.17, 15) is 0 Å². The molecule has 1 saturated carbocycles. The van der Waals surface area contributed by atoms with Crippen LogP contribution in [0.1, 0.15) is 51.9 Å². The summed E-state index contributed by atoms with van der Waals surface area (Å²) in [6.45, 7) is 6.07. The Hall–Kier alpha value is -0.0800. The molecule has 2 atom stereocenters. The maximum Gasteiger partial charge on any atom is 0.00509 e. The van der Waals surface area contributed by atoms with E-state index in [4.69, 9.17) is 5.73 Å². The van der Waals surface area contributed by atoms with Crippen LogP contribution in [-0.2, 0) is 0 Å². The second kappa shape index (κ2) is 6.02. The summed E-state index contributed by atoms with van der Waals surface area (Å²) in [6, 6.07) is 0.384. The highest BCUT2D eigenvalue weighted by Crippen LogP contribution is 2.28. The second-order valence-electron chi connectivity index (χ2n) is 6.00.